The first kappa shape index (κ1) is 18.2. The van der Waals surface area contributed by atoms with Gasteiger partial charge in [0.15, 0.2) is 17.5 Å². The van der Waals surface area contributed by atoms with Gasteiger partial charge in [0.2, 0.25) is 0 Å². The van der Waals surface area contributed by atoms with E-state index in [0.29, 0.717) is 24.5 Å². The second-order valence-electron chi connectivity index (χ2n) is 7.20. The molecule has 1 aromatic carbocycles. The van der Waals surface area contributed by atoms with Gasteiger partial charge in [-0.3, -0.25) is 0 Å². The highest BCUT2D eigenvalue weighted by Crippen LogP contribution is 2.41. The van der Waals surface area contributed by atoms with Crippen LogP contribution in [0.25, 0.3) is 5.57 Å². The van der Waals surface area contributed by atoms with Gasteiger partial charge in [-0.2, -0.15) is 0 Å². The van der Waals surface area contributed by atoms with E-state index >= 15 is 0 Å². The number of halogens is 4. The highest BCUT2D eigenvalue weighted by Gasteiger charge is 2.30. The van der Waals surface area contributed by atoms with E-state index in [0.717, 1.165) is 6.42 Å². The van der Waals surface area contributed by atoms with Crippen LogP contribution in [-0.2, 0) is 4.74 Å². The normalized spacial score (nSPS) is 27.5. The molecule has 3 unspecified atom stereocenters. The molecule has 5 heteroatoms. The number of rotatable bonds is 2. The van der Waals surface area contributed by atoms with Gasteiger partial charge >= 0.3 is 0 Å². The molecule has 1 fully saturated rings. The topological polar surface area (TPSA) is 9.23 Å². The maximum atomic E-state index is 14.7. The molecule has 1 heterocycles. The lowest BCUT2D eigenvalue weighted by molar-refractivity contribution is -0.0148. The molecule has 3 rings (SSSR count). The van der Waals surface area contributed by atoms with Gasteiger partial charge in [0.1, 0.15) is 5.83 Å². The van der Waals surface area contributed by atoms with Gasteiger partial charge in [-0.1, -0.05) is 19.9 Å². The third kappa shape index (κ3) is 3.26. The molecule has 0 spiro atoms. The summed E-state index contributed by atoms with van der Waals surface area (Å²) >= 11 is 0. The zero-order valence-corrected chi connectivity index (χ0v) is 14.6. The maximum Gasteiger partial charge on any atom is 0.167 e. The van der Waals surface area contributed by atoms with E-state index in [1.807, 2.05) is 6.92 Å². The van der Waals surface area contributed by atoms with E-state index < -0.39 is 35.3 Å². The molecule has 1 aliphatic heterocycles. The Kier molecular flexibility index (Phi) is 5.05. The Bertz CT molecular complexity index is 743. The minimum Gasteiger partial charge on any atom is -0.373 e. The van der Waals surface area contributed by atoms with Crippen LogP contribution in [0.4, 0.5) is 17.6 Å². The van der Waals surface area contributed by atoms with Crippen LogP contribution < -0.4 is 0 Å². The minimum atomic E-state index is -1.15. The molecule has 1 aromatic rings. The van der Waals surface area contributed by atoms with Gasteiger partial charge in [0.25, 0.3) is 0 Å². The van der Waals surface area contributed by atoms with Crippen molar-refractivity contribution in [3.05, 3.63) is 52.1 Å². The van der Waals surface area contributed by atoms with Gasteiger partial charge in [-0.15, -0.1) is 0 Å². The quantitative estimate of drug-likeness (QED) is 0.564. The molecule has 0 aromatic heterocycles. The lowest BCUT2D eigenvalue weighted by Gasteiger charge is -2.29. The molecule has 25 heavy (non-hydrogen) atoms. The van der Waals surface area contributed by atoms with Crippen molar-refractivity contribution in [1.82, 2.24) is 0 Å². The predicted octanol–water partition coefficient (Wildman–Crippen LogP) is 6.33. The average Bonchev–Trinajstić information content (AvgIpc) is 2.58. The smallest absolute Gasteiger partial charge is 0.167 e. The Morgan fingerprint density at radius 3 is 2.40 bits per heavy atom. The van der Waals surface area contributed by atoms with Gasteiger partial charge in [0.05, 0.1) is 6.10 Å². The van der Waals surface area contributed by atoms with Crippen molar-refractivity contribution in [3.8, 4) is 0 Å². The molecule has 1 aliphatic carbocycles. The summed E-state index contributed by atoms with van der Waals surface area (Å²) in [5.74, 6) is -4.39. The molecule has 0 N–H and O–H groups in total. The number of benzene rings is 1. The zero-order chi connectivity index (χ0) is 18.3. The van der Waals surface area contributed by atoms with E-state index in [4.69, 9.17) is 4.74 Å². The van der Waals surface area contributed by atoms with Crippen molar-refractivity contribution in [2.24, 2.45) is 11.8 Å². The molecule has 1 nitrogen and oxygen atoms in total. The monoisotopic (exact) mass is 354 g/mol. The first-order valence-electron chi connectivity index (χ1n) is 8.67. The summed E-state index contributed by atoms with van der Waals surface area (Å²) < 4.78 is 63.2. The molecule has 1 saturated heterocycles. The van der Waals surface area contributed by atoms with Crippen LogP contribution in [0.1, 0.15) is 55.9 Å². The number of allylic oxidation sites excluding steroid dienone is 4. The van der Waals surface area contributed by atoms with Crippen LogP contribution in [0, 0.1) is 30.4 Å². The van der Waals surface area contributed by atoms with Gasteiger partial charge < -0.3 is 4.74 Å². The van der Waals surface area contributed by atoms with E-state index in [1.165, 1.54) is 12.1 Å². The molecule has 0 bridgehead atoms. The standard InChI is InChI=1S/C20H22F4O/c1-10-4-7-15(25-9-10)16-12(3)8-14(19(23)20(16)24)13-6-5-11(2)17(21)18(13)22/h6,8,10-11,15H,4-5,7,9H2,1-3H3. The van der Waals surface area contributed by atoms with Gasteiger partial charge in [-0.05, 0) is 43.7 Å². The van der Waals surface area contributed by atoms with E-state index in [1.54, 1.807) is 13.8 Å². The summed E-state index contributed by atoms with van der Waals surface area (Å²) in [5.41, 5.74) is 0.228. The first-order chi connectivity index (χ1) is 11.8. The van der Waals surface area contributed by atoms with Crippen LogP contribution in [0.5, 0.6) is 0 Å². The van der Waals surface area contributed by atoms with Crippen molar-refractivity contribution in [3.63, 3.8) is 0 Å². The SMILES string of the molecule is Cc1cc(C2=CCC(C)C(F)=C2F)c(F)c(F)c1C1CCC(C)CO1. The Labute approximate surface area is 145 Å². The molecule has 2 aliphatic rings. The van der Waals surface area contributed by atoms with Crippen LogP contribution >= 0.6 is 0 Å². The third-order valence-electron chi connectivity index (χ3n) is 5.12. The van der Waals surface area contributed by atoms with Crippen molar-refractivity contribution >= 4 is 5.57 Å². The lowest BCUT2D eigenvalue weighted by Crippen LogP contribution is -2.21. The summed E-state index contributed by atoms with van der Waals surface area (Å²) in [5, 5.41) is 0. The molecule has 0 saturated carbocycles. The lowest BCUT2D eigenvalue weighted by atomic mass is 9.88. The van der Waals surface area contributed by atoms with Crippen molar-refractivity contribution < 1.29 is 22.3 Å². The Hall–Kier alpha value is -1.62. The van der Waals surface area contributed by atoms with Crippen LogP contribution in [-0.4, -0.2) is 6.61 Å². The molecular formula is C20H22F4O. The largest absolute Gasteiger partial charge is 0.373 e. The van der Waals surface area contributed by atoms with Crippen LogP contribution in [0.2, 0.25) is 0 Å². The number of hydrogen-bond acceptors (Lipinski definition) is 1. The molecule has 0 radical (unpaired) electrons. The van der Waals surface area contributed by atoms with Crippen molar-refractivity contribution in [2.45, 2.75) is 46.1 Å². The second-order valence-corrected chi connectivity index (χ2v) is 7.20. The molecule has 136 valence electrons. The first-order valence-corrected chi connectivity index (χ1v) is 8.67. The fourth-order valence-electron chi connectivity index (χ4n) is 3.53. The number of ether oxygens (including phenoxy) is 1. The summed E-state index contributed by atoms with van der Waals surface area (Å²) in [6.07, 6.45) is 2.66. The Balaban J connectivity index is 2.02. The second kappa shape index (κ2) is 6.94. The van der Waals surface area contributed by atoms with Crippen molar-refractivity contribution in [1.29, 1.82) is 0 Å². The molecule has 0 amide bonds. The predicted molar refractivity (Wildman–Crippen MR) is 89.2 cm³/mol. The summed E-state index contributed by atoms with van der Waals surface area (Å²) in [6.45, 7) is 5.74. The van der Waals surface area contributed by atoms with Crippen molar-refractivity contribution in [2.75, 3.05) is 6.61 Å². The van der Waals surface area contributed by atoms with E-state index in [9.17, 15) is 17.6 Å². The maximum absolute atomic E-state index is 14.7. The van der Waals surface area contributed by atoms with E-state index in [-0.39, 0.29) is 23.1 Å². The van der Waals surface area contributed by atoms with E-state index in [2.05, 4.69) is 0 Å². The van der Waals surface area contributed by atoms with Gasteiger partial charge in [0, 0.05) is 29.2 Å². The fourth-order valence-corrected chi connectivity index (χ4v) is 3.53. The third-order valence-corrected chi connectivity index (χ3v) is 5.12. The zero-order valence-electron chi connectivity index (χ0n) is 14.6. The highest BCUT2D eigenvalue weighted by molar-refractivity contribution is 5.79. The van der Waals surface area contributed by atoms with Crippen LogP contribution in [0.15, 0.2) is 23.8 Å². The summed E-state index contributed by atoms with van der Waals surface area (Å²) in [4.78, 5) is 0. The Morgan fingerprint density at radius 1 is 1.04 bits per heavy atom. The minimum absolute atomic E-state index is 0.183. The summed E-state index contributed by atoms with van der Waals surface area (Å²) in [6, 6.07) is 1.39. The molecular weight excluding hydrogens is 332 g/mol. The Morgan fingerprint density at radius 2 is 1.76 bits per heavy atom. The fraction of sp³-hybridized carbons (Fsp3) is 0.500. The highest BCUT2D eigenvalue weighted by atomic mass is 19.2. The summed E-state index contributed by atoms with van der Waals surface area (Å²) in [7, 11) is 0. The average molecular weight is 354 g/mol. The van der Waals surface area contributed by atoms with Crippen LogP contribution in [0.3, 0.4) is 0 Å². The molecule has 3 atom stereocenters. The van der Waals surface area contributed by atoms with Gasteiger partial charge in [-0.25, -0.2) is 17.6 Å². The number of hydrogen-bond donors (Lipinski definition) is 0. The number of aryl methyl sites for hydroxylation is 1.